The van der Waals surface area contributed by atoms with Gasteiger partial charge in [0, 0.05) is 30.6 Å². The quantitative estimate of drug-likeness (QED) is 0.735. The van der Waals surface area contributed by atoms with Crippen LogP contribution >= 0.6 is 0 Å². The molecule has 0 saturated carbocycles. The zero-order valence-electron chi connectivity index (χ0n) is 16.5. The molecule has 2 heterocycles. The molecule has 0 radical (unpaired) electrons. The van der Waals surface area contributed by atoms with E-state index >= 15 is 0 Å². The van der Waals surface area contributed by atoms with E-state index in [9.17, 15) is 4.79 Å². The average molecular weight is 384 g/mol. The van der Waals surface area contributed by atoms with E-state index < -0.39 is 0 Å². The normalized spacial score (nSPS) is 16.1. The van der Waals surface area contributed by atoms with Crippen molar-refractivity contribution in [3.05, 3.63) is 94.9 Å². The number of amides is 1. The molecular weight excluding hydrogens is 360 g/mol. The van der Waals surface area contributed by atoms with Crippen LogP contribution in [0.1, 0.15) is 36.1 Å². The summed E-state index contributed by atoms with van der Waals surface area (Å²) in [7, 11) is 0. The number of aromatic nitrogens is 1. The number of rotatable bonds is 7. The van der Waals surface area contributed by atoms with Gasteiger partial charge in [0.2, 0.25) is 0 Å². The van der Waals surface area contributed by atoms with Crippen molar-refractivity contribution in [2.75, 3.05) is 13.2 Å². The molecule has 2 aromatic rings. The molecule has 4 heteroatoms. The molecule has 1 aliphatic carbocycles. The van der Waals surface area contributed by atoms with E-state index in [-0.39, 0.29) is 5.91 Å². The monoisotopic (exact) mass is 384 g/mol. The molecule has 0 unspecified atom stereocenters. The molecule has 1 aliphatic heterocycles. The third-order valence-electron chi connectivity index (χ3n) is 5.28. The van der Waals surface area contributed by atoms with Crippen LogP contribution in [0.25, 0.3) is 5.57 Å². The summed E-state index contributed by atoms with van der Waals surface area (Å²) in [5.41, 5.74) is 7.31. The standard InChI is InChI=1S/C25H24N2O2/c1-18-14-21(16-24-23(18)10-12-27-25(24)28)20-9-11-26-22(15-20)8-5-13-29-17-19-6-3-2-4-7-19/h3,6-7,9,11,15-16H,1,5,8,10,12-14,17H2,(H,27,28). The minimum atomic E-state index is 0.00457. The van der Waals surface area contributed by atoms with E-state index in [1.807, 2.05) is 36.5 Å². The maximum Gasteiger partial charge on any atom is 0.251 e. The molecule has 4 rings (SSSR count). The van der Waals surface area contributed by atoms with E-state index in [2.05, 4.69) is 35.1 Å². The Morgan fingerprint density at radius 1 is 1.28 bits per heavy atom. The zero-order chi connectivity index (χ0) is 20.1. The second-order valence-electron chi connectivity index (χ2n) is 7.38. The third-order valence-corrected chi connectivity index (χ3v) is 5.28. The molecule has 0 bridgehead atoms. The van der Waals surface area contributed by atoms with Crippen LogP contribution in [-0.2, 0) is 22.6 Å². The van der Waals surface area contributed by atoms with Gasteiger partial charge >= 0.3 is 0 Å². The number of aryl methyl sites for hydroxylation is 1. The molecule has 0 saturated heterocycles. The third kappa shape index (κ3) is 4.64. The molecule has 4 nitrogen and oxygen atoms in total. The van der Waals surface area contributed by atoms with E-state index in [0.717, 1.165) is 64.8 Å². The predicted octanol–water partition coefficient (Wildman–Crippen LogP) is 3.99. The van der Waals surface area contributed by atoms with Crippen LogP contribution < -0.4 is 5.32 Å². The molecule has 0 atom stereocenters. The lowest BCUT2D eigenvalue weighted by Crippen LogP contribution is -2.32. The van der Waals surface area contributed by atoms with Gasteiger partial charge in [0.25, 0.3) is 5.91 Å². The van der Waals surface area contributed by atoms with Crippen LogP contribution in [0, 0.1) is 12.1 Å². The molecule has 146 valence electrons. The fourth-order valence-electron chi connectivity index (χ4n) is 3.76. The number of nitrogens with zero attached hydrogens (tertiary/aromatic N) is 1. The number of pyridine rings is 1. The van der Waals surface area contributed by atoms with Crippen molar-refractivity contribution in [1.82, 2.24) is 10.3 Å². The molecule has 0 fully saturated rings. The number of hydrogen-bond donors (Lipinski definition) is 1. The van der Waals surface area contributed by atoms with Gasteiger partial charge < -0.3 is 10.1 Å². The molecule has 1 aromatic heterocycles. The molecular formula is C25H24N2O2. The van der Waals surface area contributed by atoms with Crippen LogP contribution in [0.3, 0.4) is 0 Å². The molecule has 1 amide bonds. The zero-order valence-corrected chi connectivity index (χ0v) is 16.5. The summed E-state index contributed by atoms with van der Waals surface area (Å²) < 4.78 is 5.74. The Morgan fingerprint density at radius 2 is 2.21 bits per heavy atom. The van der Waals surface area contributed by atoms with Gasteiger partial charge in [-0.2, -0.15) is 0 Å². The smallest absolute Gasteiger partial charge is 0.251 e. The summed E-state index contributed by atoms with van der Waals surface area (Å²) in [6.07, 6.45) is 7.27. The Morgan fingerprint density at radius 3 is 3.07 bits per heavy atom. The van der Waals surface area contributed by atoms with Gasteiger partial charge in [0.05, 0.1) is 6.61 Å². The Bertz CT molecular complexity index is 973. The first-order valence-electron chi connectivity index (χ1n) is 10.0. The molecule has 2 aliphatic rings. The van der Waals surface area contributed by atoms with E-state index in [0.29, 0.717) is 19.8 Å². The summed E-state index contributed by atoms with van der Waals surface area (Å²) in [6, 6.07) is 15.7. The van der Waals surface area contributed by atoms with Crippen molar-refractivity contribution < 1.29 is 9.53 Å². The molecule has 1 aromatic carbocycles. The minimum Gasteiger partial charge on any atom is -0.377 e. The van der Waals surface area contributed by atoms with Crippen molar-refractivity contribution in [2.24, 2.45) is 0 Å². The van der Waals surface area contributed by atoms with Gasteiger partial charge in [-0.05, 0) is 89.9 Å². The fourth-order valence-corrected chi connectivity index (χ4v) is 3.76. The van der Waals surface area contributed by atoms with Gasteiger partial charge in [-0.3, -0.25) is 9.78 Å². The molecule has 0 spiro atoms. The second kappa shape index (κ2) is 8.89. The predicted molar refractivity (Wildman–Crippen MR) is 113 cm³/mol. The van der Waals surface area contributed by atoms with Crippen LogP contribution in [-0.4, -0.2) is 24.0 Å². The van der Waals surface area contributed by atoms with E-state index in [4.69, 9.17) is 4.74 Å². The molecule has 29 heavy (non-hydrogen) atoms. The summed E-state index contributed by atoms with van der Waals surface area (Å²) in [4.78, 5) is 16.7. The highest BCUT2D eigenvalue weighted by Crippen LogP contribution is 2.36. The Labute approximate surface area is 172 Å². The van der Waals surface area contributed by atoms with Crippen molar-refractivity contribution in [1.29, 1.82) is 0 Å². The summed E-state index contributed by atoms with van der Waals surface area (Å²) in [5, 5.41) is 2.92. The lowest BCUT2D eigenvalue weighted by molar-refractivity contribution is -0.117. The van der Waals surface area contributed by atoms with Gasteiger partial charge in [-0.15, -0.1) is 0 Å². The number of nitrogens with one attached hydrogen (secondary N) is 1. The lowest BCUT2D eigenvalue weighted by atomic mass is 9.82. The number of carbonyl (C=O) groups excluding carboxylic acids is 1. The first kappa shape index (κ1) is 19.2. The number of ether oxygens (including phenoxy) is 1. The van der Waals surface area contributed by atoms with Crippen LogP contribution in [0.5, 0.6) is 0 Å². The summed E-state index contributed by atoms with van der Waals surface area (Å²) in [5.74, 6) is 0.00457. The SMILES string of the molecule is C=C1CC(c2ccnc(CCCOCc3cc#ccc3)c2)=CC2=C1CCNC2=O. The number of allylic oxidation sites excluding steroid dienone is 2. The van der Waals surface area contributed by atoms with Gasteiger partial charge in [-0.1, -0.05) is 18.7 Å². The topological polar surface area (TPSA) is 51.2 Å². The maximum absolute atomic E-state index is 12.2. The Balaban J connectivity index is 1.37. The fraction of sp³-hybridized carbons (Fsp3) is 0.280. The largest absolute Gasteiger partial charge is 0.377 e. The minimum absolute atomic E-state index is 0.00457. The average Bonchev–Trinajstić information content (AvgIpc) is 2.75. The van der Waals surface area contributed by atoms with Gasteiger partial charge in [-0.25, -0.2) is 0 Å². The highest BCUT2D eigenvalue weighted by atomic mass is 16.5. The van der Waals surface area contributed by atoms with E-state index in [1.165, 1.54) is 0 Å². The first-order chi connectivity index (χ1) is 14.2. The van der Waals surface area contributed by atoms with Crippen molar-refractivity contribution in [3.8, 4) is 0 Å². The summed E-state index contributed by atoms with van der Waals surface area (Å²) >= 11 is 0. The molecule has 1 N–H and O–H groups in total. The van der Waals surface area contributed by atoms with Gasteiger partial charge in [0.15, 0.2) is 0 Å². The summed E-state index contributed by atoms with van der Waals surface area (Å²) in [6.45, 7) is 6.18. The van der Waals surface area contributed by atoms with Crippen molar-refractivity contribution in [3.63, 3.8) is 0 Å². The van der Waals surface area contributed by atoms with Crippen LogP contribution in [0.4, 0.5) is 0 Å². The van der Waals surface area contributed by atoms with E-state index in [1.54, 1.807) is 0 Å². The number of carbonyl (C=O) groups is 1. The highest BCUT2D eigenvalue weighted by molar-refractivity contribution is 6.02. The van der Waals surface area contributed by atoms with Crippen molar-refractivity contribution >= 4 is 11.5 Å². The van der Waals surface area contributed by atoms with Crippen LogP contribution in [0.15, 0.2) is 65.9 Å². The first-order valence-corrected chi connectivity index (χ1v) is 10.0. The van der Waals surface area contributed by atoms with Crippen LogP contribution in [0.2, 0.25) is 0 Å². The Kier molecular flexibility index (Phi) is 5.88. The Hall–Kier alpha value is -3.16. The second-order valence-corrected chi connectivity index (χ2v) is 7.38. The number of hydrogen-bond acceptors (Lipinski definition) is 3. The maximum atomic E-state index is 12.2. The highest BCUT2D eigenvalue weighted by Gasteiger charge is 2.25. The lowest BCUT2D eigenvalue weighted by Gasteiger charge is -2.26. The van der Waals surface area contributed by atoms with Crippen molar-refractivity contribution in [2.45, 2.75) is 32.3 Å². The van der Waals surface area contributed by atoms with Gasteiger partial charge in [0.1, 0.15) is 0 Å².